The Balaban J connectivity index is 2.14. The summed E-state index contributed by atoms with van der Waals surface area (Å²) in [5.74, 6) is 1.07. The lowest BCUT2D eigenvalue weighted by Crippen LogP contribution is -2.12. The number of carbonyl (C=O) groups is 1. The van der Waals surface area contributed by atoms with Gasteiger partial charge in [0.15, 0.2) is 0 Å². The van der Waals surface area contributed by atoms with Crippen molar-refractivity contribution < 1.29 is 9.53 Å². The SMILES string of the molecule is COc1cc(C(=O)Nc2ccc(C(C)C)cc2)ccc1C. The van der Waals surface area contributed by atoms with Crippen molar-refractivity contribution in [1.29, 1.82) is 0 Å². The molecule has 0 aliphatic rings. The van der Waals surface area contributed by atoms with Crippen LogP contribution in [0.4, 0.5) is 5.69 Å². The van der Waals surface area contributed by atoms with Crippen molar-refractivity contribution in [3.8, 4) is 5.75 Å². The number of methoxy groups -OCH3 is 1. The molecule has 0 aliphatic carbocycles. The van der Waals surface area contributed by atoms with Gasteiger partial charge in [-0.05, 0) is 48.2 Å². The average Bonchev–Trinajstić information content (AvgIpc) is 2.48. The van der Waals surface area contributed by atoms with Gasteiger partial charge in [0.05, 0.1) is 7.11 Å². The molecule has 0 radical (unpaired) electrons. The van der Waals surface area contributed by atoms with Gasteiger partial charge in [-0.2, -0.15) is 0 Å². The summed E-state index contributed by atoms with van der Waals surface area (Å²) in [6, 6.07) is 13.4. The molecule has 2 rings (SSSR count). The van der Waals surface area contributed by atoms with E-state index in [1.165, 1.54) is 5.56 Å². The van der Waals surface area contributed by atoms with Crippen molar-refractivity contribution >= 4 is 11.6 Å². The number of hydrogen-bond acceptors (Lipinski definition) is 2. The van der Waals surface area contributed by atoms with Gasteiger partial charge in [-0.3, -0.25) is 4.79 Å². The number of benzene rings is 2. The second-order valence-corrected chi connectivity index (χ2v) is 5.42. The maximum absolute atomic E-state index is 12.2. The van der Waals surface area contributed by atoms with E-state index >= 15 is 0 Å². The molecule has 0 heterocycles. The summed E-state index contributed by atoms with van der Waals surface area (Å²) in [6.45, 7) is 6.24. The van der Waals surface area contributed by atoms with Crippen LogP contribution >= 0.6 is 0 Å². The van der Waals surface area contributed by atoms with Gasteiger partial charge in [-0.1, -0.05) is 32.0 Å². The molecule has 0 unspecified atom stereocenters. The zero-order chi connectivity index (χ0) is 15.4. The molecule has 0 aliphatic heterocycles. The molecular formula is C18H21NO2. The maximum atomic E-state index is 12.2. The minimum atomic E-state index is -0.134. The molecule has 3 heteroatoms. The zero-order valence-corrected chi connectivity index (χ0v) is 12.9. The molecule has 0 spiro atoms. The highest BCUT2D eigenvalue weighted by atomic mass is 16.5. The quantitative estimate of drug-likeness (QED) is 0.904. The van der Waals surface area contributed by atoms with Crippen LogP contribution < -0.4 is 10.1 Å². The molecule has 2 aromatic rings. The molecule has 0 atom stereocenters. The highest BCUT2D eigenvalue weighted by molar-refractivity contribution is 6.04. The molecule has 2 aromatic carbocycles. The molecule has 0 fully saturated rings. The molecule has 0 bridgehead atoms. The molecule has 0 saturated heterocycles. The number of carbonyl (C=O) groups excluding carboxylic acids is 1. The van der Waals surface area contributed by atoms with Crippen LogP contribution in [0.25, 0.3) is 0 Å². The summed E-state index contributed by atoms with van der Waals surface area (Å²) in [7, 11) is 1.61. The summed E-state index contributed by atoms with van der Waals surface area (Å²) in [6.07, 6.45) is 0. The minimum absolute atomic E-state index is 0.134. The lowest BCUT2D eigenvalue weighted by Gasteiger charge is -2.10. The summed E-state index contributed by atoms with van der Waals surface area (Å²) >= 11 is 0. The van der Waals surface area contributed by atoms with Gasteiger partial charge >= 0.3 is 0 Å². The van der Waals surface area contributed by atoms with Crippen LogP contribution in [0, 0.1) is 6.92 Å². The van der Waals surface area contributed by atoms with Gasteiger partial charge in [0.2, 0.25) is 0 Å². The Morgan fingerprint density at radius 1 is 1.10 bits per heavy atom. The van der Waals surface area contributed by atoms with Crippen LogP contribution in [-0.4, -0.2) is 13.0 Å². The number of rotatable bonds is 4. The van der Waals surface area contributed by atoms with Crippen molar-refractivity contribution in [2.24, 2.45) is 0 Å². The largest absolute Gasteiger partial charge is 0.496 e. The van der Waals surface area contributed by atoms with Gasteiger partial charge in [0, 0.05) is 11.3 Å². The van der Waals surface area contributed by atoms with E-state index in [4.69, 9.17) is 4.74 Å². The van der Waals surface area contributed by atoms with E-state index in [-0.39, 0.29) is 5.91 Å². The van der Waals surface area contributed by atoms with Crippen molar-refractivity contribution in [3.05, 3.63) is 59.2 Å². The maximum Gasteiger partial charge on any atom is 0.255 e. The molecule has 0 saturated carbocycles. The van der Waals surface area contributed by atoms with Gasteiger partial charge in [-0.15, -0.1) is 0 Å². The second kappa shape index (κ2) is 6.44. The van der Waals surface area contributed by atoms with E-state index in [2.05, 4.69) is 19.2 Å². The monoisotopic (exact) mass is 283 g/mol. The third-order valence-corrected chi connectivity index (χ3v) is 3.51. The van der Waals surface area contributed by atoms with Crippen molar-refractivity contribution in [3.63, 3.8) is 0 Å². The summed E-state index contributed by atoms with van der Waals surface area (Å²) in [4.78, 5) is 12.2. The Morgan fingerprint density at radius 3 is 2.33 bits per heavy atom. The molecular weight excluding hydrogens is 262 g/mol. The van der Waals surface area contributed by atoms with Crippen LogP contribution in [0.5, 0.6) is 5.75 Å². The zero-order valence-electron chi connectivity index (χ0n) is 12.9. The fourth-order valence-corrected chi connectivity index (χ4v) is 2.12. The first-order valence-electron chi connectivity index (χ1n) is 7.07. The molecule has 0 aromatic heterocycles. The Kier molecular flexibility index (Phi) is 4.63. The molecule has 21 heavy (non-hydrogen) atoms. The van der Waals surface area contributed by atoms with Crippen LogP contribution in [-0.2, 0) is 0 Å². The van der Waals surface area contributed by atoms with E-state index < -0.39 is 0 Å². The topological polar surface area (TPSA) is 38.3 Å². The number of nitrogens with one attached hydrogen (secondary N) is 1. The number of aryl methyl sites for hydroxylation is 1. The average molecular weight is 283 g/mol. The first-order chi connectivity index (χ1) is 10.0. The lowest BCUT2D eigenvalue weighted by molar-refractivity contribution is 0.102. The summed E-state index contributed by atoms with van der Waals surface area (Å²) < 4.78 is 5.25. The summed E-state index contributed by atoms with van der Waals surface area (Å²) in [5.41, 5.74) is 3.65. The standard InChI is InChI=1S/C18H21NO2/c1-12(2)14-7-9-16(10-8-14)19-18(20)15-6-5-13(3)17(11-15)21-4/h5-12H,1-4H3,(H,19,20). The van der Waals surface area contributed by atoms with E-state index in [1.807, 2.05) is 37.3 Å². The van der Waals surface area contributed by atoms with E-state index in [1.54, 1.807) is 19.2 Å². The second-order valence-electron chi connectivity index (χ2n) is 5.42. The van der Waals surface area contributed by atoms with Crippen LogP contribution in [0.15, 0.2) is 42.5 Å². The molecule has 110 valence electrons. The van der Waals surface area contributed by atoms with Crippen molar-refractivity contribution in [2.45, 2.75) is 26.7 Å². The van der Waals surface area contributed by atoms with Gasteiger partial charge in [-0.25, -0.2) is 0 Å². The van der Waals surface area contributed by atoms with E-state index in [0.29, 0.717) is 11.5 Å². The van der Waals surface area contributed by atoms with Crippen molar-refractivity contribution in [1.82, 2.24) is 0 Å². The number of amides is 1. The lowest BCUT2D eigenvalue weighted by atomic mass is 10.0. The normalized spacial score (nSPS) is 10.5. The van der Waals surface area contributed by atoms with Gasteiger partial charge in [0.25, 0.3) is 5.91 Å². The number of hydrogen-bond donors (Lipinski definition) is 1. The summed E-state index contributed by atoms with van der Waals surface area (Å²) in [5, 5.41) is 2.90. The number of ether oxygens (including phenoxy) is 1. The highest BCUT2D eigenvalue weighted by Gasteiger charge is 2.09. The van der Waals surface area contributed by atoms with Crippen LogP contribution in [0.3, 0.4) is 0 Å². The predicted molar refractivity (Wildman–Crippen MR) is 86.2 cm³/mol. The highest BCUT2D eigenvalue weighted by Crippen LogP contribution is 2.21. The van der Waals surface area contributed by atoms with Crippen molar-refractivity contribution in [2.75, 3.05) is 12.4 Å². The van der Waals surface area contributed by atoms with Crippen LogP contribution in [0.2, 0.25) is 0 Å². The fraction of sp³-hybridized carbons (Fsp3) is 0.278. The molecule has 1 amide bonds. The molecule has 3 nitrogen and oxygen atoms in total. The third-order valence-electron chi connectivity index (χ3n) is 3.51. The first-order valence-corrected chi connectivity index (χ1v) is 7.07. The minimum Gasteiger partial charge on any atom is -0.496 e. The Hall–Kier alpha value is -2.29. The Labute approximate surface area is 126 Å². The van der Waals surface area contributed by atoms with Gasteiger partial charge in [0.1, 0.15) is 5.75 Å². The Morgan fingerprint density at radius 2 is 1.76 bits per heavy atom. The first kappa shape index (κ1) is 15.1. The molecule has 1 N–H and O–H groups in total. The van der Waals surface area contributed by atoms with E-state index in [0.717, 1.165) is 17.0 Å². The smallest absolute Gasteiger partial charge is 0.255 e. The van der Waals surface area contributed by atoms with Crippen LogP contribution in [0.1, 0.15) is 41.3 Å². The number of anilines is 1. The fourth-order valence-electron chi connectivity index (χ4n) is 2.12. The third kappa shape index (κ3) is 3.63. The van der Waals surface area contributed by atoms with Gasteiger partial charge < -0.3 is 10.1 Å². The van der Waals surface area contributed by atoms with E-state index in [9.17, 15) is 4.79 Å². The Bertz CT molecular complexity index is 630. The predicted octanol–water partition coefficient (Wildman–Crippen LogP) is 4.38.